The summed E-state index contributed by atoms with van der Waals surface area (Å²) in [7, 11) is 1.54. The maximum atomic E-state index is 13.3. The molecule has 1 aliphatic heterocycles. The van der Waals surface area contributed by atoms with E-state index in [2.05, 4.69) is 0 Å². The molecule has 176 valence electrons. The number of hydrogen-bond donors (Lipinski definition) is 1. The number of Topliss-reactive ketones (excluding diaryl/α,β-unsaturated/α-hetero) is 1. The largest absolute Gasteiger partial charge is 0.507 e. The Morgan fingerprint density at radius 3 is 2.50 bits per heavy atom. The van der Waals surface area contributed by atoms with E-state index in [-0.39, 0.29) is 11.3 Å². The van der Waals surface area contributed by atoms with Crippen LogP contribution < -0.4 is 14.4 Å². The molecule has 1 aliphatic rings. The van der Waals surface area contributed by atoms with E-state index < -0.39 is 17.7 Å². The molecule has 1 unspecified atom stereocenters. The number of anilines is 1. The molecular formula is C27H27NO5S. The number of carbonyl (C=O) groups is 2. The van der Waals surface area contributed by atoms with Gasteiger partial charge >= 0.3 is 0 Å². The number of aliphatic hydroxyl groups excluding tert-OH is 1. The Kier molecular flexibility index (Phi) is 6.75. The number of hydrogen-bond acceptors (Lipinski definition) is 6. The highest BCUT2D eigenvalue weighted by molar-refractivity contribution is 7.10. The summed E-state index contributed by atoms with van der Waals surface area (Å²) in [6.07, 6.45) is 0. The Morgan fingerprint density at radius 1 is 1.09 bits per heavy atom. The van der Waals surface area contributed by atoms with Crippen LogP contribution in [-0.2, 0) is 9.59 Å². The van der Waals surface area contributed by atoms with Gasteiger partial charge < -0.3 is 14.6 Å². The lowest BCUT2D eigenvalue weighted by atomic mass is 9.98. The zero-order valence-electron chi connectivity index (χ0n) is 19.6. The molecular weight excluding hydrogens is 450 g/mol. The van der Waals surface area contributed by atoms with E-state index >= 15 is 0 Å². The topological polar surface area (TPSA) is 76.1 Å². The fraction of sp³-hybridized carbons (Fsp3) is 0.259. The number of aryl methyl sites for hydroxylation is 1. The monoisotopic (exact) mass is 477 g/mol. The second kappa shape index (κ2) is 9.73. The molecule has 4 rings (SSSR count). The van der Waals surface area contributed by atoms with Gasteiger partial charge in [0.15, 0.2) is 0 Å². The Labute approximate surface area is 203 Å². The number of aliphatic hydroxyl groups is 1. The van der Waals surface area contributed by atoms with Crippen molar-refractivity contribution in [2.75, 3.05) is 18.6 Å². The summed E-state index contributed by atoms with van der Waals surface area (Å²) in [5.41, 5.74) is 1.93. The van der Waals surface area contributed by atoms with Gasteiger partial charge in [0.1, 0.15) is 23.3 Å². The van der Waals surface area contributed by atoms with Gasteiger partial charge in [-0.05, 0) is 54.1 Å². The second-order valence-electron chi connectivity index (χ2n) is 8.57. The van der Waals surface area contributed by atoms with Crippen molar-refractivity contribution < 1.29 is 24.2 Å². The quantitative estimate of drug-likeness (QED) is 0.267. The number of methoxy groups -OCH3 is 1. The van der Waals surface area contributed by atoms with E-state index in [9.17, 15) is 14.7 Å². The molecule has 6 nitrogen and oxygen atoms in total. The molecule has 1 N–H and O–H groups in total. The van der Waals surface area contributed by atoms with Gasteiger partial charge in [-0.15, -0.1) is 11.3 Å². The molecule has 1 amide bonds. The van der Waals surface area contributed by atoms with Crippen LogP contribution in [0.4, 0.5) is 5.69 Å². The Hall–Kier alpha value is -3.58. The van der Waals surface area contributed by atoms with Crippen molar-refractivity contribution in [3.63, 3.8) is 0 Å². The summed E-state index contributed by atoms with van der Waals surface area (Å²) in [4.78, 5) is 28.8. The molecule has 0 bridgehead atoms. The molecule has 0 radical (unpaired) electrons. The van der Waals surface area contributed by atoms with Crippen molar-refractivity contribution in [3.05, 3.63) is 81.6 Å². The van der Waals surface area contributed by atoms with Crippen molar-refractivity contribution in [2.45, 2.75) is 26.8 Å². The smallest absolute Gasteiger partial charge is 0.300 e. The fourth-order valence-electron chi connectivity index (χ4n) is 3.92. The van der Waals surface area contributed by atoms with Gasteiger partial charge in [0, 0.05) is 22.2 Å². The van der Waals surface area contributed by atoms with Gasteiger partial charge in [-0.1, -0.05) is 32.0 Å². The average Bonchev–Trinajstić information content (AvgIpc) is 3.37. The molecule has 0 aliphatic carbocycles. The number of carbonyl (C=O) groups excluding carboxylic acids is 2. The molecule has 34 heavy (non-hydrogen) atoms. The van der Waals surface area contributed by atoms with Gasteiger partial charge in [0.25, 0.3) is 11.7 Å². The molecule has 3 aromatic rings. The molecule has 2 heterocycles. The number of ketones is 1. The molecule has 1 saturated heterocycles. The van der Waals surface area contributed by atoms with Gasteiger partial charge in [0.05, 0.1) is 19.3 Å². The molecule has 0 saturated carbocycles. The SMILES string of the molecule is COc1cccc(N2C(=O)C(=O)/C(=C(\O)c3cccc(OCC(C)C)c3)C2c2sccc2C)c1. The minimum absolute atomic E-state index is 0.0550. The lowest BCUT2D eigenvalue weighted by molar-refractivity contribution is -0.132. The standard InChI is InChI=1S/C27H27NO5S/c1-16(2)15-33-21-10-5-7-18(13-21)24(29)22-23(26-17(3)11-12-34-26)28(27(31)25(22)30)19-8-6-9-20(14-19)32-4/h5-14,16,23,29H,15H2,1-4H3/b24-22-. The Morgan fingerprint density at radius 2 is 1.82 bits per heavy atom. The van der Waals surface area contributed by atoms with Gasteiger partial charge in [-0.3, -0.25) is 14.5 Å². The van der Waals surface area contributed by atoms with Crippen LogP contribution >= 0.6 is 11.3 Å². The normalized spacial score (nSPS) is 17.4. The van der Waals surface area contributed by atoms with Crippen LogP contribution in [0.25, 0.3) is 5.76 Å². The lowest BCUT2D eigenvalue weighted by Gasteiger charge is -2.25. The highest BCUT2D eigenvalue weighted by atomic mass is 32.1. The maximum absolute atomic E-state index is 13.3. The summed E-state index contributed by atoms with van der Waals surface area (Å²) >= 11 is 1.44. The summed E-state index contributed by atoms with van der Waals surface area (Å²) in [6.45, 7) is 6.55. The first-order valence-electron chi connectivity index (χ1n) is 11.0. The van der Waals surface area contributed by atoms with E-state index in [1.165, 1.54) is 16.2 Å². The van der Waals surface area contributed by atoms with Crippen LogP contribution in [0.15, 0.2) is 65.6 Å². The van der Waals surface area contributed by atoms with E-state index in [1.54, 1.807) is 55.6 Å². The predicted molar refractivity (Wildman–Crippen MR) is 134 cm³/mol. The molecule has 1 atom stereocenters. The van der Waals surface area contributed by atoms with Crippen LogP contribution in [0, 0.1) is 12.8 Å². The summed E-state index contributed by atoms with van der Waals surface area (Å²) < 4.78 is 11.1. The first-order chi connectivity index (χ1) is 16.3. The number of benzene rings is 2. The summed E-state index contributed by atoms with van der Waals surface area (Å²) in [6, 6.07) is 15.1. The second-order valence-corrected chi connectivity index (χ2v) is 9.52. The zero-order chi connectivity index (χ0) is 24.4. The average molecular weight is 478 g/mol. The van der Waals surface area contributed by atoms with Crippen molar-refractivity contribution in [2.24, 2.45) is 5.92 Å². The summed E-state index contributed by atoms with van der Waals surface area (Å²) in [5, 5.41) is 13.3. The molecule has 1 fully saturated rings. The molecule has 7 heteroatoms. The fourth-order valence-corrected chi connectivity index (χ4v) is 4.95. The minimum Gasteiger partial charge on any atom is -0.507 e. The maximum Gasteiger partial charge on any atom is 0.300 e. The lowest BCUT2D eigenvalue weighted by Crippen LogP contribution is -2.29. The third-order valence-corrected chi connectivity index (χ3v) is 6.69. The predicted octanol–water partition coefficient (Wildman–Crippen LogP) is 5.73. The number of nitrogens with zero attached hydrogens (tertiary/aromatic N) is 1. The molecule has 1 aromatic heterocycles. The highest BCUT2D eigenvalue weighted by Gasteiger charge is 2.48. The Bertz CT molecular complexity index is 1260. The number of rotatable bonds is 7. The first-order valence-corrected chi connectivity index (χ1v) is 11.9. The van der Waals surface area contributed by atoms with Crippen LogP contribution in [0.3, 0.4) is 0 Å². The third-order valence-electron chi connectivity index (χ3n) is 5.62. The van der Waals surface area contributed by atoms with Crippen LogP contribution in [-0.4, -0.2) is 30.5 Å². The van der Waals surface area contributed by atoms with Crippen molar-refractivity contribution in [1.29, 1.82) is 0 Å². The van der Waals surface area contributed by atoms with Gasteiger partial charge in [-0.25, -0.2) is 0 Å². The van der Waals surface area contributed by atoms with Crippen LogP contribution in [0.1, 0.15) is 35.9 Å². The van der Waals surface area contributed by atoms with Gasteiger partial charge in [0.2, 0.25) is 0 Å². The number of amides is 1. The van der Waals surface area contributed by atoms with Gasteiger partial charge in [-0.2, -0.15) is 0 Å². The Balaban J connectivity index is 1.86. The van der Waals surface area contributed by atoms with E-state index in [0.29, 0.717) is 35.3 Å². The van der Waals surface area contributed by atoms with Crippen molar-refractivity contribution in [1.82, 2.24) is 0 Å². The number of thiophene rings is 1. The van der Waals surface area contributed by atoms with E-state index in [1.807, 2.05) is 32.2 Å². The molecule has 0 spiro atoms. The minimum atomic E-state index is -0.757. The zero-order valence-corrected chi connectivity index (χ0v) is 20.4. The third kappa shape index (κ3) is 4.43. The van der Waals surface area contributed by atoms with E-state index in [4.69, 9.17) is 9.47 Å². The summed E-state index contributed by atoms with van der Waals surface area (Å²) in [5.74, 6) is -0.157. The molecule has 2 aromatic carbocycles. The first kappa shape index (κ1) is 23.6. The van der Waals surface area contributed by atoms with Crippen LogP contribution in [0.2, 0.25) is 0 Å². The van der Waals surface area contributed by atoms with Crippen LogP contribution in [0.5, 0.6) is 11.5 Å². The van der Waals surface area contributed by atoms with E-state index in [0.717, 1.165) is 10.4 Å². The highest BCUT2D eigenvalue weighted by Crippen LogP contribution is 2.45. The van der Waals surface area contributed by atoms with Crippen molar-refractivity contribution >= 4 is 34.5 Å². The van der Waals surface area contributed by atoms with Crippen molar-refractivity contribution in [3.8, 4) is 11.5 Å². The number of ether oxygens (including phenoxy) is 2.